The van der Waals surface area contributed by atoms with Gasteiger partial charge in [0.15, 0.2) is 9.84 Å². The highest BCUT2D eigenvalue weighted by Gasteiger charge is 2.16. The topological polar surface area (TPSA) is 75.7 Å². The monoisotopic (exact) mass is 408 g/mol. The molecule has 0 bridgehead atoms. The lowest BCUT2D eigenvalue weighted by atomic mass is 10.1. The first-order chi connectivity index (χ1) is 12.8. The molecule has 0 unspecified atom stereocenters. The van der Waals surface area contributed by atoms with E-state index >= 15 is 0 Å². The van der Waals surface area contributed by atoms with Gasteiger partial charge in [-0.1, -0.05) is 23.7 Å². The van der Waals surface area contributed by atoms with Crippen LogP contribution in [0.3, 0.4) is 0 Å². The molecule has 1 aliphatic rings. The highest BCUT2D eigenvalue weighted by molar-refractivity contribution is 7.90. The van der Waals surface area contributed by atoms with Crippen molar-refractivity contribution in [2.45, 2.75) is 11.4 Å². The second-order valence-electron chi connectivity index (χ2n) is 6.46. The average molecular weight is 409 g/mol. The van der Waals surface area contributed by atoms with Crippen LogP contribution in [0.1, 0.15) is 15.9 Å². The number of hydrogen-bond donors (Lipinski definition) is 1. The van der Waals surface area contributed by atoms with Crippen molar-refractivity contribution in [2.75, 3.05) is 37.9 Å². The molecule has 0 aliphatic carbocycles. The maximum Gasteiger partial charge on any atom is 0.255 e. The highest BCUT2D eigenvalue weighted by atomic mass is 35.5. The summed E-state index contributed by atoms with van der Waals surface area (Å²) in [6.07, 6.45) is 1.06. The largest absolute Gasteiger partial charge is 0.379 e. The van der Waals surface area contributed by atoms with E-state index in [1.54, 1.807) is 6.07 Å². The zero-order valence-electron chi connectivity index (χ0n) is 14.9. The molecule has 1 fully saturated rings. The zero-order chi connectivity index (χ0) is 19.4. The van der Waals surface area contributed by atoms with E-state index in [-0.39, 0.29) is 21.4 Å². The van der Waals surface area contributed by atoms with Gasteiger partial charge in [0.25, 0.3) is 5.91 Å². The van der Waals surface area contributed by atoms with Crippen molar-refractivity contribution in [1.29, 1.82) is 0 Å². The third-order valence-corrected chi connectivity index (χ3v) is 5.87. The van der Waals surface area contributed by atoms with Crippen molar-refractivity contribution >= 4 is 33.0 Å². The number of amides is 1. The van der Waals surface area contributed by atoms with Crippen LogP contribution < -0.4 is 5.32 Å². The van der Waals surface area contributed by atoms with E-state index in [2.05, 4.69) is 10.2 Å². The Morgan fingerprint density at radius 1 is 1.19 bits per heavy atom. The van der Waals surface area contributed by atoms with Gasteiger partial charge in [0, 0.05) is 37.1 Å². The molecular formula is C19H21ClN2O4S. The number of benzene rings is 2. The van der Waals surface area contributed by atoms with Gasteiger partial charge in [0.2, 0.25) is 0 Å². The van der Waals surface area contributed by atoms with Crippen LogP contribution in [0, 0.1) is 0 Å². The molecule has 0 saturated carbocycles. The Morgan fingerprint density at radius 3 is 2.63 bits per heavy atom. The van der Waals surface area contributed by atoms with Gasteiger partial charge in [0.05, 0.1) is 23.1 Å². The van der Waals surface area contributed by atoms with E-state index in [0.717, 1.165) is 44.7 Å². The third-order valence-electron chi connectivity index (χ3n) is 4.29. The molecule has 2 aromatic carbocycles. The summed E-state index contributed by atoms with van der Waals surface area (Å²) >= 11 is 5.93. The quantitative estimate of drug-likeness (QED) is 0.823. The van der Waals surface area contributed by atoms with Gasteiger partial charge in [-0.25, -0.2) is 8.42 Å². The van der Waals surface area contributed by atoms with Gasteiger partial charge in [-0.05, 0) is 35.9 Å². The number of rotatable bonds is 5. The second kappa shape index (κ2) is 8.39. The van der Waals surface area contributed by atoms with E-state index in [0.29, 0.717) is 5.69 Å². The lowest BCUT2D eigenvalue weighted by Gasteiger charge is -2.26. The number of anilines is 1. The first kappa shape index (κ1) is 19.8. The van der Waals surface area contributed by atoms with Crippen LogP contribution in [0.4, 0.5) is 5.69 Å². The number of hydrogen-bond acceptors (Lipinski definition) is 5. The van der Waals surface area contributed by atoms with Crippen LogP contribution in [0.5, 0.6) is 0 Å². The molecule has 0 radical (unpaired) electrons. The molecule has 0 spiro atoms. The SMILES string of the molecule is CS(=O)(=O)c1cc(C(=O)Nc2cccc(CN3CCOCC3)c2)ccc1Cl. The molecule has 27 heavy (non-hydrogen) atoms. The van der Waals surface area contributed by atoms with Crippen molar-refractivity contribution in [3.05, 3.63) is 58.6 Å². The van der Waals surface area contributed by atoms with Gasteiger partial charge >= 0.3 is 0 Å². The maximum absolute atomic E-state index is 12.5. The number of carbonyl (C=O) groups is 1. The smallest absolute Gasteiger partial charge is 0.255 e. The third kappa shape index (κ3) is 5.29. The Balaban J connectivity index is 1.73. The minimum absolute atomic E-state index is 0.0575. The van der Waals surface area contributed by atoms with E-state index < -0.39 is 9.84 Å². The molecule has 0 aromatic heterocycles. The van der Waals surface area contributed by atoms with Gasteiger partial charge in [-0.15, -0.1) is 0 Å². The van der Waals surface area contributed by atoms with Crippen molar-refractivity contribution in [2.24, 2.45) is 0 Å². The Bertz CT molecular complexity index is 940. The lowest BCUT2D eigenvalue weighted by molar-refractivity contribution is 0.0342. The molecule has 8 heteroatoms. The van der Waals surface area contributed by atoms with Gasteiger partial charge in [0.1, 0.15) is 0 Å². The van der Waals surface area contributed by atoms with Crippen LogP contribution in [0.2, 0.25) is 5.02 Å². The molecule has 3 rings (SSSR count). The highest BCUT2D eigenvalue weighted by Crippen LogP contribution is 2.23. The number of ether oxygens (including phenoxy) is 1. The molecule has 0 atom stereocenters. The van der Waals surface area contributed by atoms with Crippen LogP contribution in [0.15, 0.2) is 47.4 Å². The first-order valence-corrected chi connectivity index (χ1v) is 10.8. The number of carbonyl (C=O) groups excluding carboxylic acids is 1. The minimum Gasteiger partial charge on any atom is -0.379 e. The summed E-state index contributed by atoms with van der Waals surface area (Å²) in [4.78, 5) is 14.8. The zero-order valence-corrected chi connectivity index (χ0v) is 16.5. The van der Waals surface area contributed by atoms with E-state index in [1.165, 1.54) is 18.2 Å². The number of sulfone groups is 1. The van der Waals surface area contributed by atoms with Crippen molar-refractivity contribution in [3.63, 3.8) is 0 Å². The number of morpholine rings is 1. The molecule has 6 nitrogen and oxygen atoms in total. The van der Waals surface area contributed by atoms with Crippen LogP contribution in [-0.4, -0.2) is 51.8 Å². The summed E-state index contributed by atoms with van der Waals surface area (Å²) in [6, 6.07) is 11.8. The van der Waals surface area contributed by atoms with E-state index in [9.17, 15) is 13.2 Å². The molecule has 1 saturated heterocycles. The summed E-state index contributed by atoms with van der Waals surface area (Å²) in [7, 11) is -3.51. The maximum atomic E-state index is 12.5. The molecule has 2 aromatic rings. The Morgan fingerprint density at radius 2 is 1.93 bits per heavy atom. The fourth-order valence-corrected chi connectivity index (χ4v) is 4.20. The molecular weight excluding hydrogens is 388 g/mol. The number of nitrogens with one attached hydrogen (secondary N) is 1. The molecule has 1 N–H and O–H groups in total. The van der Waals surface area contributed by atoms with Crippen LogP contribution >= 0.6 is 11.6 Å². The Hall–Kier alpha value is -1.93. The normalized spacial score (nSPS) is 15.5. The standard InChI is InChI=1S/C19H21ClN2O4S/c1-27(24,25)18-12-15(5-6-17(18)20)19(23)21-16-4-2-3-14(11-16)13-22-7-9-26-10-8-22/h2-6,11-12H,7-10,13H2,1H3,(H,21,23). The van der Waals surface area contributed by atoms with Crippen LogP contribution in [0.25, 0.3) is 0 Å². The van der Waals surface area contributed by atoms with Gasteiger partial charge < -0.3 is 10.1 Å². The molecule has 144 valence electrons. The van der Waals surface area contributed by atoms with Crippen molar-refractivity contribution in [1.82, 2.24) is 4.90 Å². The minimum atomic E-state index is -3.51. The number of nitrogens with zero attached hydrogens (tertiary/aromatic N) is 1. The molecule has 1 heterocycles. The average Bonchev–Trinajstić information content (AvgIpc) is 2.62. The predicted molar refractivity (Wildman–Crippen MR) is 105 cm³/mol. The van der Waals surface area contributed by atoms with E-state index in [4.69, 9.17) is 16.3 Å². The predicted octanol–water partition coefficient (Wildman–Crippen LogP) is 2.83. The van der Waals surface area contributed by atoms with Gasteiger partial charge in [-0.2, -0.15) is 0 Å². The molecule has 1 aliphatic heterocycles. The summed E-state index contributed by atoms with van der Waals surface area (Å²) in [5.74, 6) is -0.389. The fourth-order valence-electron chi connectivity index (χ4n) is 2.90. The van der Waals surface area contributed by atoms with Crippen LogP contribution in [-0.2, 0) is 21.1 Å². The van der Waals surface area contributed by atoms with E-state index in [1.807, 2.05) is 18.2 Å². The Kier molecular flexibility index (Phi) is 6.16. The fraction of sp³-hybridized carbons (Fsp3) is 0.316. The summed E-state index contributed by atoms with van der Waals surface area (Å²) in [5, 5.41) is 2.91. The number of halogens is 1. The summed E-state index contributed by atoms with van der Waals surface area (Å²) < 4.78 is 28.9. The lowest BCUT2D eigenvalue weighted by Crippen LogP contribution is -2.35. The summed E-state index contributed by atoms with van der Waals surface area (Å²) in [5.41, 5.74) is 1.97. The Labute approximate surface area is 164 Å². The van der Waals surface area contributed by atoms with Crippen molar-refractivity contribution in [3.8, 4) is 0 Å². The second-order valence-corrected chi connectivity index (χ2v) is 8.85. The molecule has 1 amide bonds. The van der Waals surface area contributed by atoms with Crippen molar-refractivity contribution < 1.29 is 17.9 Å². The van der Waals surface area contributed by atoms with Gasteiger partial charge in [-0.3, -0.25) is 9.69 Å². The summed E-state index contributed by atoms with van der Waals surface area (Å²) in [6.45, 7) is 4.02. The first-order valence-electron chi connectivity index (χ1n) is 8.53.